The Morgan fingerprint density at radius 3 is 2.65 bits per heavy atom. The summed E-state index contributed by atoms with van der Waals surface area (Å²) in [6, 6.07) is 13.6. The number of carbonyl (C=O) groups is 1. The molecular weight excluding hydrogens is 274 g/mol. The standard InChI is InChI=1S/C15H12ClN3O/c1-10-6-7-12(8-13(10)16)18-15(20)19-14-5-3-2-4-11(14)9-17/h2-8H,1H3,(H2,18,19,20). The molecule has 0 aromatic heterocycles. The Bertz CT molecular complexity index is 692. The highest BCUT2D eigenvalue weighted by molar-refractivity contribution is 6.31. The molecule has 0 radical (unpaired) electrons. The van der Waals surface area contributed by atoms with E-state index in [1.807, 2.05) is 19.1 Å². The Morgan fingerprint density at radius 1 is 1.20 bits per heavy atom. The number of nitrogens with one attached hydrogen (secondary N) is 2. The van der Waals surface area contributed by atoms with Gasteiger partial charge in [0.05, 0.1) is 11.3 Å². The summed E-state index contributed by atoms with van der Waals surface area (Å²) in [6.45, 7) is 1.88. The van der Waals surface area contributed by atoms with Crippen LogP contribution in [0.4, 0.5) is 16.2 Å². The lowest BCUT2D eigenvalue weighted by atomic mass is 10.2. The maximum absolute atomic E-state index is 11.9. The molecule has 20 heavy (non-hydrogen) atoms. The fraction of sp³-hybridized carbons (Fsp3) is 0.0667. The number of amides is 2. The van der Waals surface area contributed by atoms with Crippen molar-refractivity contribution < 1.29 is 4.79 Å². The predicted molar refractivity (Wildman–Crippen MR) is 80.0 cm³/mol. The Labute approximate surface area is 122 Å². The molecule has 0 bridgehead atoms. The van der Waals surface area contributed by atoms with Crippen LogP contribution in [0.2, 0.25) is 5.02 Å². The van der Waals surface area contributed by atoms with Crippen LogP contribution < -0.4 is 10.6 Å². The van der Waals surface area contributed by atoms with Gasteiger partial charge in [-0.3, -0.25) is 0 Å². The Hall–Kier alpha value is -2.51. The van der Waals surface area contributed by atoms with Gasteiger partial charge in [-0.25, -0.2) is 4.79 Å². The van der Waals surface area contributed by atoms with Crippen LogP contribution in [0.5, 0.6) is 0 Å². The summed E-state index contributed by atoms with van der Waals surface area (Å²) in [6.07, 6.45) is 0. The normalized spacial score (nSPS) is 9.65. The molecule has 0 saturated carbocycles. The molecule has 0 saturated heterocycles. The van der Waals surface area contributed by atoms with Gasteiger partial charge < -0.3 is 10.6 Å². The minimum atomic E-state index is -0.424. The first-order chi connectivity index (χ1) is 9.60. The van der Waals surface area contributed by atoms with Gasteiger partial charge in [0.2, 0.25) is 0 Å². The van der Waals surface area contributed by atoms with E-state index >= 15 is 0 Å². The molecule has 0 aliphatic rings. The second-order valence-electron chi connectivity index (χ2n) is 4.20. The number of hydrogen-bond donors (Lipinski definition) is 2. The average molecular weight is 286 g/mol. The minimum Gasteiger partial charge on any atom is -0.308 e. The van der Waals surface area contributed by atoms with Gasteiger partial charge in [0.25, 0.3) is 0 Å². The number of aryl methyl sites for hydroxylation is 1. The Kier molecular flexibility index (Phi) is 4.24. The number of anilines is 2. The SMILES string of the molecule is Cc1ccc(NC(=O)Nc2ccccc2C#N)cc1Cl. The fourth-order valence-electron chi connectivity index (χ4n) is 1.64. The molecule has 5 heteroatoms. The van der Waals surface area contributed by atoms with Crippen LogP contribution >= 0.6 is 11.6 Å². The smallest absolute Gasteiger partial charge is 0.308 e. The number of halogens is 1. The number of rotatable bonds is 2. The summed E-state index contributed by atoms with van der Waals surface area (Å²) in [5.74, 6) is 0. The number of hydrogen-bond acceptors (Lipinski definition) is 2. The number of nitriles is 1. The van der Waals surface area contributed by atoms with Crippen molar-refractivity contribution in [2.45, 2.75) is 6.92 Å². The van der Waals surface area contributed by atoms with Crippen molar-refractivity contribution in [1.82, 2.24) is 0 Å². The van der Waals surface area contributed by atoms with Gasteiger partial charge >= 0.3 is 6.03 Å². The van der Waals surface area contributed by atoms with Gasteiger partial charge in [-0.1, -0.05) is 29.8 Å². The molecule has 2 N–H and O–H groups in total. The lowest BCUT2D eigenvalue weighted by molar-refractivity contribution is 0.262. The minimum absolute atomic E-state index is 0.407. The Morgan fingerprint density at radius 2 is 1.95 bits per heavy atom. The first-order valence-electron chi connectivity index (χ1n) is 5.93. The van der Waals surface area contributed by atoms with E-state index in [0.29, 0.717) is 22.0 Å². The lowest BCUT2D eigenvalue weighted by Gasteiger charge is -2.09. The van der Waals surface area contributed by atoms with E-state index in [0.717, 1.165) is 5.56 Å². The maximum Gasteiger partial charge on any atom is 0.323 e. The zero-order valence-electron chi connectivity index (χ0n) is 10.8. The van der Waals surface area contributed by atoms with Crippen molar-refractivity contribution in [2.75, 3.05) is 10.6 Å². The average Bonchev–Trinajstić information content (AvgIpc) is 2.43. The summed E-state index contributed by atoms with van der Waals surface area (Å²) >= 11 is 5.99. The fourth-order valence-corrected chi connectivity index (χ4v) is 1.83. The van der Waals surface area contributed by atoms with E-state index in [2.05, 4.69) is 10.6 Å². The lowest BCUT2D eigenvalue weighted by Crippen LogP contribution is -2.20. The third-order valence-electron chi connectivity index (χ3n) is 2.73. The third-order valence-corrected chi connectivity index (χ3v) is 3.13. The molecule has 4 nitrogen and oxygen atoms in total. The van der Waals surface area contributed by atoms with Crippen LogP contribution in [-0.4, -0.2) is 6.03 Å². The molecule has 2 rings (SSSR count). The Balaban J connectivity index is 2.09. The molecule has 100 valence electrons. The van der Waals surface area contributed by atoms with Crippen molar-refractivity contribution in [3.05, 3.63) is 58.6 Å². The van der Waals surface area contributed by atoms with Crippen molar-refractivity contribution in [1.29, 1.82) is 5.26 Å². The number of benzene rings is 2. The van der Waals surface area contributed by atoms with Crippen LogP contribution in [0.25, 0.3) is 0 Å². The number of nitrogens with zero attached hydrogens (tertiary/aromatic N) is 1. The molecule has 2 aromatic rings. The highest BCUT2D eigenvalue weighted by Crippen LogP contribution is 2.20. The largest absolute Gasteiger partial charge is 0.323 e. The summed E-state index contributed by atoms with van der Waals surface area (Å²) in [5, 5.41) is 14.8. The molecule has 0 fully saturated rings. The van der Waals surface area contributed by atoms with E-state index in [4.69, 9.17) is 16.9 Å². The summed E-state index contributed by atoms with van der Waals surface area (Å²) in [7, 11) is 0. The zero-order chi connectivity index (χ0) is 14.5. The van der Waals surface area contributed by atoms with E-state index < -0.39 is 6.03 Å². The van der Waals surface area contributed by atoms with Gasteiger partial charge in [-0.2, -0.15) is 5.26 Å². The second kappa shape index (κ2) is 6.09. The first-order valence-corrected chi connectivity index (χ1v) is 6.31. The molecule has 0 spiro atoms. The summed E-state index contributed by atoms with van der Waals surface area (Å²) in [5.41, 5.74) is 2.40. The molecule has 0 aliphatic carbocycles. The molecule has 2 aromatic carbocycles. The van der Waals surface area contributed by atoms with Crippen molar-refractivity contribution in [3.63, 3.8) is 0 Å². The second-order valence-corrected chi connectivity index (χ2v) is 4.61. The summed E-state index contributed by atoms with van der Waals surface area (Å²) in [4.78, 5) is 11.9. The predicted octanol–water partition coefficient (Wildman–Crippen LogP) is 4.16. The van der Waals surface area contributed by atoms with Crippen molar-refractivity contribution in [3.8, 4) is 6.07 Å². The van der Waals surface area contributed by atoms with Crippen LogP contribution in [-0.2, 0) is 0 Å². The van der Waals surface area contributed by atoms with Gasteiger partial charge in [0.15, 0.2) is 0 Å². The molecule has 0 atom stereocenters. The van der Waals surface area contributed by atoms with Gasteiger partial charge in [0.1, 0.15) is 6.07 Å². The number of urea groups is 1. The monoisotopic (exact) mass is 285 g/mol. The van der Waals surface area contributed by atoms with E-state index in [1.165, 1.54) is 0 Å². The molecular formula is C15H12ClN3O. The van der Waals surface area contributed by atoms with Gasteiger partial charge in [-0.05, 0) is 36.8 Å². The van der Waals surface area contributed by atoms with Crippen molar-refractivity contribution >= 4 is 29.0 Å². The highest BCUT2D eigenvalue weighted by Gasteiger charge is 2.07. The van der Waals surface area contributed by atoms with Crippen molar-refractivity contribution in [2.24, 2.45) is 0 Å². The van der Waals surface area contributed by atoms with Crippen LogP contribution in [0.3, 0.4) is 0 Å². The zero-order valence-corrected chi connectivity index (χ0v) is 11.5. The summed E-state index contributed by atoms with van der Waals surface area (Å²) < 4.78 is 0. The number of carbonyl (C=O) groups excluding carboxylic acids is 1. The number of para-hydroxylation sites is 1. The van der Waals surface area contributed by atoms with Gasteiger partial charge in [-0.15, -0.1) is 0 Å². The van der Waals surface area contributed by atoms with Crippen LogP contribution in [0.1, 0.15) is 11.1 Å². The van der Waals surface area contributed by atoms with E-state index in [9.17, 15) is 4.79 Å². The maximum atomic E-state index is 11.9. The van der Waals surface area contributed by atoms with Crippen LogP contribution in [0.15, 0.2) is 42.5 Å². The molecule has 0 aliphatic heterocycles. The molecule has 2 amide bonds. The first kappa shape index (κ1) is 13.9. The quantitative estimate of drug-likeness (QED) is 0.870. The van der Waals surface area contributed by atoms with E-state index in [1.54, 1.807) is 36.4 Å². The topological polar surface area (TPSA) is 64.9 Å². The highest BCUT2D eigenvalue weighted by atomic mass is 35.5. The molecule has 0 unspecified atom stereocenters. The third kappa shape index (κ3) is 3.28. The van der Waals surface area contributed by atoms with Crippen LogP contribution in [0, 0.1) is 18.3 Å². The van der Waals surface area contributed by atoms with E-state index in [-0.39, 0.29) is 0 Å². The molecule has 0 heterocycles. The van der Waals surface area contributed by atoms with Gasteiger partial charge in [0, 0.05) is 10.7 Å².